The molecule has 1 aliphatic rings. The summed E-state index contributed by atoms with van der Waals surface area (Å²) in [5, 5.41) is 5.46. The van der Waals surface area contributed by atoms with Crippen LogP contribution in [0.3, 0.4) is 0 Å². The first-order chi connectivity index (χ1) is 15.0. The van der Waals surface area contributed by atoms with E-state index in [1.165, 1.54) is 0 Å². The van der Waals surface area contributed by atoms with E-state index < -0.39 is 0 Å². The third-order valence-corrected chi connectivity index (χ3v) is 5.78. The van der Waals surface area contributed by atoms with Crippen LogP contribution in [0.2, 0.25) is 5.02 Å². The fraction of sp³-hybridized carbons (Fsp3) is 0.292. The van der Waals surface area contributed by atoms with E-state index in [1.54, 1.807) is 16.8 Å². The molecule has 2 heterocycles. The summed E-state index contributed by atoms with van der Waals surface area (Å²) in [5.41, 5.74) is 3.65. The number of carbonyl (C=O) groups is 2. The Labute approximate surface area is 187 Å². The number of hydrogen-bond acceptors (Lipinski definition) is 3. The SMILES string of the molecule is CN(Cc1cn(-c2ccccc2)nc1-c1ccc(Cl)cc1)C(=O)CCN1CCCC1=O. The molecule has 0 unspecified atom stereocenters. The van der Waals surface area contributed by atoms with Crippen molar-refractivity contribution in [3.8, 4) is 16.9 Å². The van der Waals surface area contributed by atoms with Crippen LogP contribution in [0.5, 0.6) is 0 Å². The van der Waals surface area contributed by atoms with E-state index in [0.29, 0.717) is 31.0 Å². The Hall–Kier alpha value is -3.12. The van der Waals surface area contributed by atoms with Gasteiger partial charge in [-0.05, 0) is 30.7 Å². The standard InChI is InChI=1S/C24H25ClN4O2/c1-27(22(30)13-15-28-14-5-8-23(28)31)16-19-17-29(21-6-3-2-4-7-21)26-24(19)18-9-11-20(25)12-10-18/h2-4,6-7,9-12,17H,5,8,13-16H2,1H3. The largest absolute Gasteiger partial charge is 0.342 e. The zero-order chi connectivity index (χ0) is 21.8. The highest BCUT2D eigenvalue weighted by molar-refractivity contribution is 6.30. The Morgan fingerprint density at radius 3 is 2.55 bits per heavy atom. The van der Waals surface area contributed by atoms with Gasteiger partial charge in [0.05, 0.1) is 11.4 Å². The molecule has 160 valence electrons. The molecule has 31 heavy (non-hydrogen) atoms. The molecule has 3 aromatic rings. The molecule has 0 aliphatic carbocycles. The molecule has 0 spiro atoms. The normalized spacial score (nSPS) is 13.6. The van der Waals surface area contributed by atoms with Crippen molar-refractivity contribution in [3.05, 3.63) is 71.4 Å². The third kappa shape index (κ3) is 4.97. The van der Waals surface area contributed by atoms with Gasteiger partial charge in [0.25, 0.3) is 0 Å². The van der Waals surface area contributed by atoms with Gasteiger partial charge in [-0.25, -0.2) is 4.68 Å². The van der Waals surface area contributed by atoms with Crippen molar-refractivity contribution in [2.45, 2.75) is 25.8 Å². The number of aromatic nitrogens is 2. The first-order valence-corrected chi connectivity index (χ1v) is 10.8. The van der Waals surface area contributed by atoms with Crippen molar-refractivity contribution in [2.75, 3.05) is 20.1 Å². The maximum Gasteiger partial charge on any atom is 0.224 e. The van der Waals surface area contributed by atoms with Crippen LogP contribution in [0.15, 0.2) is 60.8 Å². The maximum absolute atomic E-state index is 12.7. The van der Waals surface area contributed by atoms with Crippen molar-refractivity contribution in [1.82, 2.24) is 19.6 Å². The number of nitrogens with zero attached hydrogens (tertiary/aromatic N) is 4. The fourth-order valence-corrected chi connectivity index (χ4v) is 3.92. The topological polar surface area (TPSA) is 58.4 Å². The molecule has 0 radical (unpaired) electrons. The highest BCUT2D eigenvalue weighted by Gasteiger charge is 2.22. The van der Waals surface area contributed by atoms with Crippen LogP contribution in [-0.4, -0.2) is 51.5 Å². The summed E-state index contributed by atoms with van der Waals surface area (Å²) in [6.45, 7) is 1.66. The van der Waals surface area contributed by atoms with Crippen LogP contribution in [-0.2, 0) is 16.1 Å². The number of amides is 2. The summed E-state index contributed by atoms with van der Waals surface area (Å²) in [5.74, 6) is 0.152. The van der Waals surface area contributed by atoms with Crippen LogP contribution in [0.1, 0.15) is 24.8 Å². The van der Waals surface area contributed by atoms with Gasteiger partial charge in [-0.1, -0.05) is 41.9 Å². The van der Waals surface area contributed by atoms with E-state index in [2.05, 4.69) is 0 Å². The third-order valence-electron chi connectivity index (χ3n) is 5.53. The molecule has 1 aliphatic heterocycles. The van der Waals surface area contributed by atoms with Crippen LogP contribution in [0.4, 0.5) is 0 Å². The Morgan fingerprint density at radius 1 is 1.13 bits per heavy atom. The second kappa shape index (κ2) is 9.35. The lowest BCUT2D eigenvalue weighted by molar-refractivity contribution is -0.132. The minimum Gasteiger partial charge on any atom is -0.342 e. The van der Waals surface area contributed by atoms with Gasteiger partial charge < -0.3 is 9.80 Å². The average Bonchev–Trinajstić information content (AvgIpc) is 3.39. The second-order valence-corrected chi connectivity index (χ2v) is 8.21. The highest BCUT2D eigenvalue weighted by atomic mass is 35.5. The van der Waals surface area contributed by atoms with Gasteiger partial charge in [0.15, 0.2) is 0 Å². The first-order valence-electron chi connectivity index (χ1n) is 10.4. The molecule has 1 saturated heterocycles. The van der Waals surface area contributed by atoms with Gasteiger partial charge >= 0.3 is 0 Å². The number of carbonyl (C=O) groups excluding carboxylic acids is 2. The molecule has 0 atom stereocenters. The molecule has 2 amide bonds. The van der Waals surface area contributed by atoms with Crippen LogP contribution < -0.4 is 0 Å². The molecule has 4 rings (SSSR count). The lowest BCUT2D eigenvalue weighted by Crippen LogP contribution is -2.32. The van der Waals surface area contributed by atoms with Crippen molar-refractivity contribution < 1.29 is 9.59 Å². The fourth-order valence-electron chi connectivity index (χ4n) is 3.79. The second-order valence-electron chi connectivity index (χ2n) is 7.77. The smallest absolute Gasteiger partial charge is 0.224 e. The Balaban J connectivity index is 1.54. The number of para-hydroxylation sites is 1. The summed E-state index contributed by atoms with van der Waals surface area (Å²) >= 11 is 6.06. The number of likely N-dealkylation sites (tertiary alicyclic amines) is 1. The average molecular weight is 437 g/mol. The van der Waals surface area contributed by atoms with Crippen LogP contribution >= 0.6 is 11.6 Å². The quantitative estimate of drug-likeness (QED) is 0.558. The van der Waals surface area contributed by atoms with E-state index >= 15 is 0 Å². The number of rotatable bonds is 7. The van der Waals surface area contributed by atoms with Crippen molar-refractivity contribution in [2.24, 2.45) is 0 Å². The first kappa shape index (κ1) is 21.1. The van der Waals surface area contributed by atoms with Crippen LogP contribution in [0.25, 0.3) is 16.9 Å². The summed E-state index contributed by atoms with van der Waals surface area (Å²) < 4.78 is 1.83. The van der Waals surface area contributed by atoms with Gasteiger partial charge in [0.2, 0.25) is 11.8 Å². The van der Waals surface area contributed by atoms with Gasteiger partial charge in [-0.15, -0.1) is 0 Å². The molecule has 0 saturated carbocycles. The Kier molecular flexibility index (Phi) is 6.37. The maximum atomic E-state index is 12.7. The molecule has 1 fully saturated rings. The molecule has 2 aromatic carbocycles. The number of benzene rings is 2. The monoisotopic (exact) mass is 436 g/mol. The Morgan fingerprint density at radius 2 is 1.87 bits per heavy atom. The van der Waals surface area contributed by atoms with Crippen molar-refractivity contribution in [3.63, 3.8) is 0 Å². The van der Waals surface area contributed by atoms with E-state index in [4.69, 9.17) is 16.7 Å². The van der Waals surface area contributed by atoms with Gasteiger partial charge in [-0.3, -0.25) is 9.59 Å². The van der Waals surface area contributed by atoms with Gasteiger partial charge in [0, 0.05) is 61.9 Å². The van der Waals surface area contributed by atoms with E-state index in [0.717, 1.165) is 35.5 Å². The molecule has 0 bridgehead atoms. The predicted molar refractivity (Wildman–Crippen MR) is 121 cm³/mol. The minimum atomic E-state index is 0.00853. The van der Waals surface area contributed by atoms with E-state index in [1.807, 2.05) is 65.5 Å². The minimum absolute atomic E-state index is 0.00853. The molecule has 1 aromatic heterocycles. The van der Waals surface area contributed by atoms with Crippen LogP contribution in [0, 0.1) is 0 Å². The predicted octanol–water partition coefficient (Wildman–Crippen LogP) is 4.16. The highest BCUT2D eigenvalue weighted by Crippen LogP contribution is 2.26. The summed E-state index contributed by atoms with van der Waals surface area (Å²) in [6, 6.07) is 17.4. The Bertz CT molecular complexity index is 1060. The van der Waals surface area contributed by atoms with E-state index in [-0.39, 0.29) is 11.8 Å². The van der Waals surface area contributed by atoms with Gasteiger partial charge in [0.1, 0.15) is 0 Å². The number of halogens is 1. The van der Waals surface area contributed by atoms with Crippen molar-refractivity contribution in [1.29, 1.82) is 0 Å². The summed E-state index contributed by atoms with van der Waals surface area (Å²) in [7, 11) is 1.79. The van der Waals surface area contributed by atoms with Crippen molar-refractivity contribution >= 4 is 23.4 Å². The lowest BCUT2D eigenvalue weighted by atomic mass is 10.1. The molecule has 6 nitrogen and oxygen atoms in total. The van der Waals surface area contributed by atoms with Gasteiger partial charge in [-0.2, -0.15) is 5.10 Å². The number of hydrogen-bond donors (Lipinski definition) is 0. The zero-order valence-electron chi connectivity index (χ0n) is 17.5. The molecular formula is C24H25ClN4O2. The molecular weight excluding hydrogens is 412 g/mol. The van der Waals surface area contributed by atoms with E-state index in [9.17, 15) is 9.59 Å². The zero-order valence-corrected chi connectivity index (χ0v) is 18.3. The summed E-state index contributed by atoms with van der Waals surface area (Å²) in [4.78, 5) is 28.0. The lowest BCUT2D eigenvalue weighted by Gasteiger charge is -2.20. The molecule has 7 heteroatoms. The summed E-state index contributed by atoms with van der Waals surface area (Å²) in [6.07, 6.45) is 3.76. The molecule has 0 N–H and O–H groups in total.